The molecule has 46 heavy (non-hydrogen) atoms. The third-order valence-electron chi connectivity index (χ3n) is 8.07. The van der Waals surface area contributed by atoms with Crippen LogP contribution in [0.1, 0.15) is 29.8 Å². The zero-order valence-corrected chi connectivity index (χ0v) is 26.3. The van der Waals surface area contributed by atoms with Gasteiger partial charge < -0.3 is 29.2 Å². The molecular weight excluding hydrogens is 580 g/mol. The summed E-state index contributed by atoms with van der Waals surface area (Å²) in [6.45, 7) is 4.59. The van der Waals surface area contributed by atoms with Gasteiger partial charge in [0, 0.05) is 11.3 Å². The Balaban J connectivity index is 1.48. The maximum absolute atomic E-state index is 5.81. The number of aliphatic imine (C=N–C) groups is 2. The normalized spacial score (nSPS) is 14.7. The Kier molecular flexibility index (Phi) is 7.53. The summed E-state index contributed by atoms with van der Waals surface area (Å²) < 4.78 is 24.9. The summed E-state index contributed by atoms with van der Waals surface area (Å²) in [4.78, 5) is 12.6. The fourth-order valence-electron chi connectivity index (χ4n) is 6.06. The second-order valence-electron chi connectivity index (χ2n) is 10.8. The molecule has 2 aliphatic heterocycles. The lowest BCUT2D eigenvalue weighted by Crippen LogP contribution is -2.46. The Morgan fingerprint density at radius 2 is 1.50 bits per heavy atom. The molecule has 0 saturated carbocycles. The molecule has 2 aliphatic rings. The number of para-hydroxylation sites is 3. The number of aryl methyl sites for hydroxylation is 1. The molecule has 10 heteroatoms. The fraction of sp³-hybridized carbons (Fsp3) is 0.194. The molecule has 1 aromatic heterocycles. The van der Waals surface area contributed by atoms with E-state index >= 15 is 0 Å². The highest BCUT2D eigenvalue weighted by Crippen LogP contribution is 2.50. The average Bonchev–Trinajstić information content (AvgIpc) is 3.43. The van der Waals surface area contributed by atoms with Gasteiger partial charge in [-0.25, -0.2) is 14.7 Å². The van der Waals surface area contributed by atoms with Crippen molar-refractivity contribution in [2.75, 3.05) is 38.2 Å². The van der Waals surface area contributed by atoms with E-state index in [4.69, 9.17) is 34.0 Å². The molecule has 5 aromatic rings. The van der Waals surface area contributed by atoms with Crippen LogP contribution in [0.4, 0.5) is 22.9 Å². The molecule has 232 valence electrons. The first-order chi connectivity index (χ1) is 22.5. The lowest BCUT2D eigenvalue weighted by molar-refractivity contribution is 0.323. The van der Waals surface area contributed by atoms with Gasteiger partial charge in [0.15, 0.2) is 29.0 Å². The van der Waals surface area contributed by atoms with Gasteiger partial charge in [0.25, 0.3) is 0 Å². The molecule has 0 radical (unpaired) electrons. The van der Waals surface area contributed by atoms with Crippen LogP contribution in [0.15, 0.2) is 101 Å². The van der Waals surface area contributed by atoms with Crippen LogP contribution in [0, 0.1) is 6.92 Å². The molecule has 0 saturated heterocycles. The number of hydrogen-bond donors (Lipinski definition) is 1. The Morgan fingerprint density at radius 3 is 2.17 bits per heavy atom. The maximum Gasteiger partial charge on any atom is 0.203 e. The Bertz CT molecular complexity index is 1940. The Labute approximate surface area is 267 Å². The Morgan fingerprint density at radius 1 is 0.804 bits per heavy atom. The number of benzene rings is 4. The first-order valence-electron chi connectivity index (χ1n) is 15.0. The number of ether oxygens (including phenoxy) is 4. The van der Waals surface area contributed by atoms with Crippen molar-refractivity contribution >= 4 is 34.6 Å². The van der Waals surface area contributed by atoms with Gasteiger partial charge in [-0.3, -0.25) is 0 Å². The van der Waals surface area contributed by atoms with Crippen molar-refractivity contribution in [3.63, 3.8) is 0 Å². The smallest absolute Gasteiger partial charge is 0.203 e. The number of methoxy groups -OCH3 is 3. The van der Waals surface area contributed by atoms with Crippen LogP contribution in [-0.2, 0) is 0 Å². The number of hydrogen-bond acceptors (Lipinski definition) is 9. The predicted octanol–water partition coefficient (Wildman–Crippen LogP) is 7.40. The van der Waals surface area contributed by atoms with Crippen LogP contribution < -0.4 is 29.2 Å². The van der Waals surface area contributed by atoms with Crippen LogP contribution in [0.2, 0.25) is 0 Å². The highest BCUT2D eigenvalue weighted by Gasteiger charge is 2.42. The van der Waals surface area contributed by atoms with E-state index in [1.807, 2.05) is 103 Å². The number of rotatable bonds is 8. The summed E-state index contributed by atoms with van der Waals surface area (Å²) in [5, 5.41) is 8.57. The third-order valence-corrected chi connectivity index (χ3v) is 8.07. The van der Waals surface area contributed by atoms with Gasteiger partial charge in [-0.2, -0.15) is 5.10 Å². The minimum Gasteiger partial charge on any atom is -0.494 e. The molecule has 0 fully saturated rings. The molecular formula is C36H34N6O4. The van der Waals surface area contributed by atoms with Crippen molar-refractivity contribution in [3.05, 3.63) is 108 Å². The first kappa shape index (κ1) is 29.0. The molecule has 0 aliphatic carbocycles. The number of nitrogens with one attached hydrogen (secondary N) is 1. The monoisotopic (exact) mass is 614 g/mol. The van der Waals surface area contributed by atoms with Gasteiger partial charge in [-0.15, -0.1) is 0 Å². The van der Waals surface area contributed by atoms with E-state index in [1.165, 1.54) is 0 Å². The van der Waals surface area contributed by atoms with Gasteiger partial charge in [0.2, 0.25) is 5.75 Å². The quantitative estimate of drug-likeness (QED) is 0.195. The molecule has 4 aromatic carbocycles. The van der Waals surface area contributed by atoms with E-state index in [-0.39, 0.29) is 6.04 Å². The molecule has 3 heterocycles. The Hall–Kier alpha value is -5.77. The van der Waals surface area contributed by atoms with Gasteiger partial charge in [0.05, 0.1) is 56.7 Å². The van der Waals surface area contributed by atoms with Crippen molar-refractivity contribution in [2.24, 2.45) is 9.98 Å². The topological polar surface area (TPSA) is 94.7 Å². The summed E-state index contributed by atoms with van der Waals surface area (Å²) >= 11 is 0. The molecule has 10 nitrogen and oxygen atoms in total. The van der Waals surface area contributed by atoms with Gasteiger partial charge in [0.1, 0.15) is 5.75 Å². The lowest BCUT2D eigenvalue weighted by atomic mass is 9.92. The number of fused-ring (bicyclic) bond motifs is 4. The van der Waals surface area contributed by atoms with E-state index in [0.717, 1.165) is 45.3 Å². The van der Waals surface area contributed by atoms with Crippen molar-refractivity contribution < 1.29 is 18.9 Å². The van der Waals surface area contributed by atoms with E-state index in [1.54, 1.807) is 21.3 Å². The molecule has 0 amide bonds. The van der Waals surface area contributed by atoms with Crippen LogP contribution in [0.3, 0.4) is 0 Å². The highest BCUT2D eigenvalue weighted by atomic mass is 16.5. The van der Waals surface area contributed by atoms with Crippen LogP contribution >= 0.6 is 0 Å². The largest absolute Gasteiger partial charge is 0.494 e. The van der Waals surface area contributed by atoms with Crippen molar-refractivity contribution in [1.82, 2.24) is 9.78 Å². The molecule has 7 rings (SSSR count). The number of nitrogens with zero attached hydrogens (tertiary/aromatic N) is 5. The maximum atomic E-state index is 5.81. The van der Waals surface area contributed by atoms with Crippen LogP contribution in [-0.4, -0.2) is 49.4 Å². The molecule has 1 unspecified atom stereocenters. The number of amidine groups is 2. The van der Waals surface area contributed by atoms with E-state index in [2.05, 4.69) is 16.3 Å². The standard InChI is InChI=1S/C36H34N6O4/c1-6-46-26-18-16-24(17-19-26)37-34-36-39-35-31(22(2)40-42(35)25-12-8-7-9-13-25)32(41(36)28-15-11-10-14-27(28)38-34)23-20-29(43-3)33(45-5)30(21-23)44-4/h7-21,32H,6H2,1-5H3,(H,37,38). The zero-order valence-electron chi connectivity index (χ0n) is 26.3. The van der Waals surface area contributed by atoms with E-state index in [9.17, 15) is 0 Å². The number of aromatic nitrogens is 2. The summed E-state index contributed by atoms with van der Waals surface area (Å²) in [5.74, 6) is 4.41. The van der Waals surface area contributed by atoms with Crippen LogP contribution in [0.25, 0.3) is 5.69 Å². The summed E-state index contributed by atoms with van der Waals surface area (Å²) in [6, 6.07) is 29.5. The van der Waals surface area contributed by atoms with Gasteiger partial charge in [-0.1, -0.05) is 30.3 Å². The molecule has 1 atom stereocenters. The molecule has 1 N–H and O–H groups in total. The minimum atomic E-state index is -0.373. The predicted molar refractivity (Wildman–Crippen MR) is 181 cm³/mol. The SMILES string of the molecule is CCOc1ccc(NC2=Nc3ccccc3N3C2=Nc2c(c(C)nn2-c2ccccc2)C3c2cc(OC)c(OC)c(OC)c2)cc1. The fourth-order valence-corrected chi connectivity index (χ4v) is 6.06. The summed E-state index contributed by atoms with van der Waals surface area (Å²) in [5.41, 5.74) is 6.20. The summed E-state index contributed by atoms with van der Waals surface area (Å²) in [7, 11) is 4.86. The molecule has 0 bridgehead atoms. The van der Waals surface area contributed by atoms with Crippen molar-refractivity contribution in [3.8, 4) is 28.7 Å². The summed E-state index contributed by atoms with van der Waals surface area (Å²) in [6.07, 6.45) is 0. The first-order valence-corrected chi connectivity index (χ1v) is 15.0. The van der Waals surface area contributed by atoms with Gasteiger partial charge >= 0.3 is 0 Å². The van der Waals surface area contributed by atoms with Gasteiger partial charge in [-0.05, 0) is 80.1 Å². The van der Waals surface area contributed by atoms with E-state index in [0.29, 0.717) is 41.3 Å². The zero-order chi connectivity index (χ0) is 31.8. The number of anilines is 2. The lowest BCUT2D eigenvalue weighted by Gasteiger charge is -2.40. The van der Waals surface area contributed by atoms with Crippen LogP contribution in [0.5, 0.6) is 23.0 Å². The second-order valence-corrected chi connectivity index (χ2v) is 10.8. The average molecular weight is 615 g/mol. The third kappa shape index (κ3) is 4.88. The van der Waals surface area contributed by atoms with Crippen molar-refractivity contribution in [2.45, 2.75) is 19.9 Å². The van der Waals surface area contributed by atoms with Crippen molar-refractivity contribution in [1.29, 1.82) is 0 Å². The minimum absolute atomic E-state index is 0.373. The second kappa shape index (κ2) is 12.0. The highest BCUT2D eigenvalue weighted by molar-refractivity contribution is 6.51. The van der Waals surface area contributed by atoms with E-state index < -0.39 is 0 Å². The molecule has 0 spiro atoms.